The second kappa shape index (κ2) is 6.27. The van der Waals surface area contributed by atoms with Crippen LogP contribution in [0, 0.1) is 0 Å². The summed E-state index contributed by atoms with van der Waals surface area (Å²) in [5.74, 6) is -0.709. The Bertz CT molecular complexity index is 873. The highest BCUT2D eigenvalue weighted by molar-refractivity contribution is 7.90. The summed E-state index contributed by atoms with van der Waals surface area (Å²) >= 11 is 0. The molecule has 1 aromatic heterocycles. The quantitative estimate of drug-likeness (QED) is 0.881. The van der Waals surface area contributed by atoms with Crippen molar-refractivity contribution in [3.8, 4) is 0 Å². The van der Waals surface area contributed by atoms with Crippen molar-refractivity contribution in [2.24, 2.45) is 0 Å². The number of rotatable bonds is 4. The molecule has 1 aliphatic rings. The number of benzene rings is 1. The summed E-state index contributed by atoms with van der Waals surface area (Å²) in [6, 6.07) is 8.16. The molecule has 0 radical (unpaired) electrons. The first kappa shape index (κ1) is 16.5. The van der Waals surface area contributed by atoms with Crippen LogP contribution in [-0.2, 0) is 16.4 Å². The summed E-state index contributed by atoms with van der Waals surface area (Å²) in [5.41, 5.74) is 1.75. The Hall–Kier alpha value is -2.35. The molecule has 0 fully saturated rings. The summed E-state index contributed by atoms with van der Waals surface area (Å²) in [6.07, 6.45) is 2.90. The molecule has 0 spiro atoms. The van der Waals surface area contributed by atoms with Gasteiger partial charge in [0.25, 0.3) is 15.9 Å². The van der Waals surface area contributed by atoms with Gasteiger partial charge in [0, 0.05) is 24.5 Å². The fraction of sp³-hybridized carbons (Fsp3) is 0.375. The molecule has 0 bridgehead atoms. The third-order valence-electron chi connectivity index (χ3n) is 4.18. The van der Waals surface area contributed by atoms with Crippen LogP contribution in [0.15, 0.2) is 35.2 Å². The molecule has 2 N–H and O–H groups in total. The van der Waals surface area contributed by atoms with Crippen LogP contribution in [0.3, 0.4) is 0 Å². The molecule has 7 nitrogen and oxygen atoms in total. The lowest BCUT2D eigenvalue weighted by atomic mass is 10.0. The maximum absolute atomic E-state index is 12.4. The summed E-state index contributed by atoms with van der Waals surface area (Å²) in [4.78, 5) is 12.4. The zero-order chi connectivity index (χ0) is 17.3. The summed E-state index contributed by atoms with van der Waals surface area (Å²) in [7, 11) is -2.25. The maximum Gasteiger partial charge on any atom is 0.285 e. The van der Waals surface area contributed by atoms with Crippen molar-refractivity contribution in [3.63, 3.8) is 0 Å². The Balaban J connectivity index is 1.83. The molecule has 8 heteroatoms. The minimum atomic E-state index is -3.94. The number of hydrogen-bond donors (Lipinski definition) is 2. The number of aryl methyl sites for hydroxylation is 1. The van der Waals surface area contributed by atoms with Crippen LogP contribution in [0.4, 0.5) is 5.69 Å². The lowest BCUT2D eigenvalue weighted by Crippen LogP contribution is -2.31. The van der Waals surface area contributed by atoms with Crippen LogP contribution >= 0.6 is 0 Å². The fourth-order valence-electron chi connectivity index (χ4n) is 2.87. The second-order valence-corrected chi connectivity index (χ2v) is 7.60. The Morgan fingerprint density at radius 1 is 1.33 bits per heavy atom. The molecule has 1 amide bonds. The minimum absolute atomic E-state index is 0.0278. The maximum atomic E-state index is 12.4. The third kappa shape index (κ3) is 3.14. The molecule has 3 rings (SSSR count). The van der Waals surface area contributed by atoms with Crippen LogP contribution in [-0.4, -0.2) is 31.2 Å². The van der Waals surface area contributed by atoms with Gasteiger partial charge in [-0.25, -0.2) is 13.1 Å². The number of hydrogen-bond acceptors (Lipinski definition) is 5. The van der Waals surface area contributed by atoms with Crippen molar-refractivity contribution in [2.75, 3.05) is 12.4 Å². The first-order chi connectivity index (χ1) is 11.4. The molecular formula is C16H20N4O3S. The van der Waals surface area contributed by atoms with Crippen LogP contribution in [0.2, 0.25) is 0 Å². The van der Waals surface area contributed by atoms with Gasteiger partial charge < -0.3 is 5.32 Å². The topological polar surface area (TPSA) is 93.1 Å². The zero-order valence-electron chi connectivity index (χ0n) is 13.6. The Morgan fingerprint density at radius 2 is 2.12 bits per heavy atom. The van der Waals surface area contributed by atoms with Gasteiger partial charge >= 0.3 is 0 Å². The van der Waals surface area contributed by atoms with Crippen molar-refractivity contribution in [3.05, 3.63) is 41.7 Å². The predicted molar refractivity (Wildman–Crippen MR) is 90.5 cm³/mol. The van der Waals surface area contributed by atoms with Gasteiger partial charge in [0.15, 0.2) is 5.69 Å². The number of amides is 1. The highest BCUT2D eigenvalue weighted by atomic mass is 32.2. The van der Waals surface area contributed by atoms with Crippen molar-refractivity contribution >= 4 is 21.6 Å². The van der Waals surface area contributed by atoms with Crippen molar-refractivity contribution in [1.82, 2.24) is 14.5 Å². The van der Waals surface area contributed by atoms with Crippen LogP contribution in [0.1, 0.15) is 42.0 Å². The van der Waals surface area contributed by atoms with Crippen molar-refractivity contribution in [2.45, 2.75) is 37.1 Å². The molecule has 2 aromatic rings. The molecule has 1 unspecified atom stereocenters. The van der Waals surface area contributed by atoms with E-state index in [1.165, 1.54) is 12.1 Å². The molecule has 0 saturated heterocycles. The van der Waals surface area contributed by atoms with Crippen molar-refractivity contribution in [1.29, 1.82) is 0 Å². The third-order valence-corrected chi connectivity index (χ3v) is 5.51. The predicted octanol–water partition coefficient (Wildman–Crippen LogP) is 1.94. The van der Waals surface area contributed by atoms with E-state index in [2.05, 4.69) is 15.1 Å². The van der Waals surface area contributed by atoms with E-state index in [-0.39, 0.29) is 16.6 Å². The first-order valence-corrected chi connectivity index (χ1v) is 9.32. The van der Waals surface area contributed by atoms with Crippen LogP contribution in [0.5, 0.6) is 0 Å². The van der Waals surface area contributed by atoms with E-state index in [1.807, 2.05) is 11.6 Å². The average molecular weight is 348 g/mol. The summed E-state index contributed by atoms with van der Waals surface area (Å²) < 4.78 is 28.7. The van der Waals surface area contributed by atoms with Gasteiger partial charge in [-0.15, -0.1) is 0 Å². The fourth-order valence-corrected chi connectivity index (χ4v) is 3.87. The minimum Gasteiger partial charge on any atom is -0.388 e. The molecule has 1 aromatic carbocycles. The number of carbonyl (C=O) groups excluding carboxylic acids is 1. The van der Waals surface area contributed by atoms with E-state index in [0.717, 1.165) is 25.0 Å². The highest BCUT2D eigenvalue weighted by Gasteiger charge is 2.24. The number of aromatic nitrogens is 2. The number of carbonyl (C=O) groups is 1. The molecule has 24 heavy (non-hydrogen) atoms. The van der Waals surface area contributed by atoms with Crippen LogP contribution < -0.4 is 10.0 Å². The van der Waals surface area contributed by atoms with Gasteiger partial charge in [-0.1, -0.05) is 6.07 Å². The normalized spacial score (nSPS) is 17.2. The number of sulfonamides is 1. The van der Waals surface area contributed by atoms with E-state index in [9.17, 15) is 13.2 Å². The Kier molecular flexibility index (Phi) is 4.31. The summed E-state index contributed by atoms with van der Waals surface area (Å²) in [6.45, 7) is 2.04. The molecule has 0 saturated carbocycles. The van der Waals surface area contributed by atoms with Gasteiger partial charge in [-0.05, 0) is 50.5 Å². The van der Waals surface area contributed by atoms with Gasteiger partial charge in [0.1, 0.15) is 0 Å². The zero-order valence-corrected chi connectivity index (χ0v) is 14.4. The highest BCUT2D eigenvalue weighted by Crippen LogP contribution is 2.24. The monoisotopic (exact) mass is 348 g/mol. The second-order valence-electron chi connectivity index (χ2n) is 5.92. The number of nitrogens with zero attached hydrogens (tertiary/aromatic N) is 2. The van der Waals surface area contributed by atoms with E-state index in [1.54, 1.807) is 25.2 Å². The lowest BCUT2D eigenvalue weighted by Gasteiger charge is -2.20. The smallest absolute Gasteiger partial charge is 0.285 e. The van der Waals surface area contributed by atoms with E-state index >= 15 is 0 Å². The standard InChI is InChI=1S/C16H20N4O3S/c1-11-5-3-7-13-10-15(18-20(11)13)16(21)19-24(22,23)14-8-4-6-12(9-14)17-2/h4,6,8-11,17H,3,5,7H2,1-2H3,(H,19,21). The largest absolute Gasteiger partial charge is 0.388 e. The first-order valence-electron chi connectivity index (χ1n) is 7.84. The number of fused-ring (bicyclic) bond motifs is 1. The molecule has 128 valence electrons. The van der Waals surface area contributed by atoms with Gasteiger partial charge in [0.2, 0.25) is 0 Å². The lowest BCUT2D eigenvalue weighted by molar-refractivity contribution is 0.0975. The molecule has 1 atom stereocenters. The molecule has 1 aliphatic heterocycles. The van der Waals surface area contributed by atoms with Crippen molar-refractivity contribution < 1.29 is 13.2 Å². The van der Waals surface area contributed by atoms with Gasteiger partial charge in [-0.3, -0.25) is 9.48 Å². The Labute approximate surface area is 141 Å². The van der Waals surface area contributed by atoms with Gasteiger partial charge in [0.05, 0.1) is 4.90 Å². The van der Waals surface area contributed by atoms with Crippen LogP contribution in [0.25, 0.3) is 0 Å². The SMILES string of the molecule is CNc1cccc(S(=O)(=O)NC(=O)c2cc3n(n2)C(C)CCC3)c1. The average Bonchev–Trinajstić information content (AvgIpc) is 3.00. The Morgan fingerprint density at radius 3 is 2.83 bits per heavy atom. The molecular weight excluding hydrogens is 328 g/mol. The molecule has 0 aliphatic carbocycles. The molecule has 2 heterocycles. The van der Waals surface area contributed by atoms with E-state index in [4.69, 9.17) is 0 Å². The number of nitrogens with one attached hydrogen (secondary N) is 2. The van der Waals surface area contributed by atoms with Gasteiger partial charge in [-0.2, -0.15) is 5.10 Å². The van der Waals surface area contributed by atoms with E-state index in [0.29, 0.717) is 5.69 Å². The number of anilines is 1. The van der Waals surface area contributed by atoms with E-state index < -0.39 is 15.9 Å². The summed E-state index contributed by atoms with van der Waals surface area (Å²) in [5, 5.41) is 7.14.